The van der Waals surface area contributed by atoms with Crippen LogP contribution in [0.25, 0.3) is 0 Å². The largest absolute Gasteiger partial charge is 0.467 e. The Morgan fingerprint density at radius 2 is 2.25 bits per heavy atom. The average Bonchev–Trinajstić information content (AvgIpc) is 3.21. The Morgan fingerprint density at radius 3 is 2.89 bits per heavy atom. The summed E-state index contributed by atoms with van der Waals surface area (Å²) in [5.74, 6) is 0.152. The van der Waals surface area contributed by atoms with Gasteiger partial charge in [0, 0.05) is 16.3 Å². The van der Waals surface area contributed by atoms with Crippen molar-refractivity contribution >= 4 is 35.4 Å². The third-order valence-electron chi connectivity index (χ3n) is 3.91. The highest BCUT2D eigenvalue weighted by Crippen LogP contribution is 2.33. The van der Waals surface area contributed by atoms with Crippen LogP contribution in [0.1, 0.15) is 24.3 Å². The molecule has 0 bridgehead atoms. The van der Waals surface area contributed by atoms with Crippen molar-refractivity contribution in [3.8, 4) is 6.07 Å². The number of nitrogens with zero attached hydrogens (tertiary/aromatic N) is 1. The maximum absolute atomic E-state index is 12.6. The fraction of sp³-hybridized carbons (Fsp3) is 0.211. The van der Waals surface area contributed by atoms with Gasteiger partial charge in [0.25, 0.3) is 0 Å². The lowest BCUT2D eigenvalue weighted by Crippen LogP contribution is -2.46. The minimum absolute atomic E-state index is 0.197. The maximum atomic E-state index is 12.6. The van der Waals surface area contributed by atoms with Crippen molar-refractivity contribution in [3.63, 3.8) is 0 Å². The molecular formula is C19H16ClN3O4S. The van der Waals surface area contributed by atoms with E-state index in [2.05, 4.69) is 10.6 Å². The number of furan rings is 1. The average molecular weight is 418 g/mol. The van der Waals surface area contributed by atoms with Crippen LogP contribution in [0.15, 0.2) is 57.2 Å². The molecule has 3 rings (SSSR count). The Kier molecular flexibility index (Phi) is 6.29. The number of thioether (sulfide) groups is 1. The molecule has 1 atom stereocenters. The zero-order valence-corrected chi connectivity index (χ0v) is 16.4. The maximum Gasteiger partial charge on any atom is 0.338 e. The third-order valence-corrected chi connectivity index (χ3v) is 5.43. The predicted octanol–water partition coefficient (Wildman–Crippen LogP) is 3.77. The van der Waals surface area contributed by atoms with Gasteiger partial charge in [-0.2, -0.15) is 5.26 Å². The lowest BCUT2D eigenvalue weighted by molar-refractivity contribution is -0.139. The molecule has 9 heteroatoms. The number of nitrogens with one attached hydrogen (secondary N) is 2. The van der Waals surface area contributed by atoms with Gasteiger partial charge in [0.2, 0.25) is 0 Å². The molecule has 0 radical (unpaired) electrons. The summed E-state index contributed by atoms with van der Waals surface area (Å²) in [4.78, 5) is 25.5. The van der Waals surface area contributed by atoms with Crippen LogP contribution in [-0.4, -0.2) is 24.4 Å². The van der Waals surface area contributed by atoms with E-state index in [4.69, 9.17) is 26.0 Å². The number of nitriles is 1. The number of carbonyl (C=O) groups is 2. The summed E-state index contributed by atoms with van der Waals surface area (Å²) in [7, 11) is 0. The second-order valence-electron chi connectivity index (χ2n) is 5.71. The summed E-state index contributed by atoms with van der Waals surface area (Å²) in [6.45, 7) is 1.91. The van der Waals surface area contributed by atoms with Crippen LogP contribution in [0.2, 0.25) is 5.02 Å². The standard InChI is InChI=1S/C19H16ClN3O4S/c1-2-26-18(24)16-13(10-28-15-6-5-11(9-21)8-12(15)20)22-19(25)23-17(16)14-4-3-7-27-14/h3-8,17H,2,10H2,1H3,(H2,22,23,25)/t17-/m1/s1. The normalized spacial score (nSPS) is 16.2. The number of esters is 1. The van der Waals surface area contributed by atoms with E-state index in [1.807, 2.05) is 6.07 Å². The van der Waals surface area contributed by atoms with Gasteiger partial charge in [-0.25, -0.2) is 9.59 Å². The molecule has 1 aromatic heterocycles. The Bertz CT molecular complexity index is 966. The number of carbonyl (C=O) groups excluding carboxylic acids is 2. The summed E-state index contributed by atoms with van der Waals surface area (Å²) >= 11 is 7.55. The minimum atomic E-state index is -0.755. The van der Waals surface area contributed by atoms with Crippen LogP contribution >= 0.6 is 23.4 Å². The van der Waals surface area contributed by atoms with E-state index in [1.54, 1.807) is 37.3 Å². The van der Waals surface area contributed by atoms with Gasteiger partial charge in [-0.3, -0.25) is 0 Å². The van der Waals surface area contributed by atoms with Crippen LogP contribution in [0, 0.1) is 11.3 Å². The zero-order chi connectivity index (χ0) is 20.1. The Hall–Kier alpha value is -2.89. The van der Waals surface area contributed by atoms with Crippen LogP contribution in [0.4, 0.5) is 4.79 Å². The lowest BCUT2D eigenvalue weighted by Gasteiger charge is -2.27. The summed E-state index contributed by atoms with van der Waals surface area (Å²) in [5.41, 5.74) is 1.14. The molecule has 0 fully saturated rings. The molecule has 1 aliphatic rings. The van der Waals surface area contributed by atoms with Crippen molar-refractivity contribution in [3.05, 3.63) is 64.2 Å². The molecule has 144 valence electrons. The van der Waals surface area contributed by atoms with Gasteiger partial charge in [0.1, 0.15) is 11.8 Å². The van der Waals surface area contributed by atoms with Crippen LogP contribution in [0.3, 0.4) is 0 Å². The molecule has 0 spiro atoms. The van der Waals surface area contributed by atoms with Crippen molar-refractivity contribution in [2.24, 2.45) is 0 Å². The molecule has 1 aromatic carbocycles. The van der Waals surface area contributed by atoms with Gasteiger partial charge in [-0.05, 0) is 37.3 Å². The molecule has 7 nitrogen and oxygen atoms in total. The third kappa shape index (κ3) is 4.32. The van der Waals surface area contributed by atoms with Gasteiger partial charge in [-0.1, -0.05) is 11.6 Å². The van der Waals surface area contributed by atoms with E-state index in [0.29, 0.717) is 22.0 Å². The first-order valence-electron chi connectivity index (χ1n) is 8.37. The number of halogens is 1. The van der Waals surface area contributed by atoms with Gasteiger partial charge in [-0.15, -0.1) is 11.8 Å². The van der Waals surface area contributed by atoms with Crippen LogP contribution < -0.4 is 10.6 Å². The molecule has 0 unspecified atom stereocenters. The fourth-order valence-electron chi connectivity index (χ4n) is 2.69. The topological polar surface area (TPSA) is 104 Å². The summed E-state index contributed by atoms with van der Waals surface area (Å²) in [6.07, 6.45) is 1.47. The first-order chi connectivity index (χ1) is 13.5. The van der Waals surface area contributed by atoms with E-state index >= 15 is 0 Å². The number of urea groups is 1. The Labute approximate surface area is 170 Å². The van der Waals surface area contributed by atoms with Crippen molar-refractivity contribution in [1.29, 1.82) is 5.26 Å². The molecule has 2 amide bonds. The SMILES string of the molecule is CCOC(=O)C1=C(CSc2ccc(C#N)cc2Cl)NC(=O)N[C@@H]1c1ccco1. The Morgan fingerprint density at radius 1 is 1.43 bits per heavy atom. The number of hydrogen-bond donors (Lipinski definition) is 2. The predicted molar refractivity (Wildman–Crippen MR) is 104 cm³/mol. The number of benzene rings is 1. The van der Waals surface area contributed by atoms with Gasteiger partial charge in [0.05, 0.1) is 35.1 Å². The smallest absolute Gasteiger partial charge is 0.338 e. The summed E-state index contributed by atoms with van der Waals surface area (Å²) < 4.78 is 10.6. The summed E-state index contributed by atoms with van der Waals surface area (Å²) in [6, 6.07) is 9.12. The van der Waals surface area contributed by atoms with E-state index < -0.39 is 18.0 Å². The van der Waals surface area contributed by atoms with Gasteiger partial charge < -0.3 is 19.8 Å². The molecule has 0 saturated carbocycles. The van der Waals surface area contributed by atoms with Crippen molar-refractivity contribution in [2.45, 2.75) is 17.9 Å². The molecular weight excluding hydrogens is 402 g/mol. The van der Waals surface area contributed by atoms with Gasteiger partial charge in [0.15, 0.2) is 0 Å². The van der Waals surface area contributed by atoms with Crippen molar-refractivity contribution in [1.82, 2.24) is 10.6 Å². The van der Waals surface area contributed by atoms with Crippen molar-refractivity contribution in [2.75, 3.05) is 12.4 Å². The van der Waals surface area contributed by atoms with Crippen molar-refractivity contribution < 1.29 is 18.7 Å². The number of amides is 2. The second kappa shape index (κ2) is 8.87. The number of ether oxygens (including phenoxy) is 1. The highest BCUT2D eigenvalue weighted by atomic mass is 35.5. The molecule has 1 aliphatic heterocycles. The summed E-state index contributed by atoms with van der Waals surface area (Å²) in [5, 5.41) is 14.7. The van der Waals surface area contributed by atoms with Gasteiger partial charge >= 0.3 is 12.0 Å². The first kappa shape index (κ1) is 19.9. The lowest BCUT2D eigenvalue weighted by atomic mass is 10.0. The van der Waals surface area contributed by atoms with E-state index in [1.165, 1.54) is 18.0 Å². The molecule has 2 N–H and O–H groups in total. The highest BCUT2D eigenvalue weighted by molar-refractivity contribution is 7.99. The molecule has 2 heterocycles. The quantitative estimate of drug-likeness (QED) is 0.547. The molecule has 0 aliphatic carbocycles. The zero-order valence-electron chi connectivity index (χ0n) is 14.8. The molecule has 0 saturated heterocycles. The minimum Gasteiger partial charge on any atom is -0.467 e. The molecule has 2 aromatic rings. The highest BCUT2D eigenvalue weighted by Gasteiger charge is 2.35. The monoisotopic (exact) mass is 417 g/mol. The van der Waals surface area contributed by atoms with E-state index in [0.717, 1.165) is 4.90 Å². The second-order valence-corrected chi connectivity index (χ2v) is 7.13. The van der Waals surface area contributed by atoms with E-state index in [-0.39, 0.29) is 17.9 Å². The first-order valence-corrected chi connectivity index (χ1v) is 9.73. The number of hydrogen-bond acceptors (Lipinski definition) is 6. The molecule has 28 heavy (non-hydrogen) atoms. The fourth-order valence-corrected chi connectivity index (χ4v) is 3.92. The number of rotatable bonds is 6. The van der Waals surface area contributed by atoms with Crippen LogP contribution in [0.5, 0.6) is 0 Å². The van der Waals surface area contributed by atoms with Crippen LogP contribution in [-0.2, 0) is 9.53 Å². The van der Waals surface area contributed by atoms with E-state index in [9.17, 15) is 9.59 Å². The Balaban J connectivity index is 1.93.